The molecule has 0 aromatic heterocycles. The highest BCUT2D eigenvalue weighted by Gasteiger charge is 2.57. The van der Waals surface area contributed by atoms with Gasteiger partial charge in [-0.15, -0.1) is 0 Å². The Labute approximate surface area is 277 Å². The van der Waals surface area contributed by atoms with Crippen molar-refractivity contribution in [3.8, 4) is 33.4 Å². The molecule has 0 bridgehead atoms. The number of rotatable bonds is 5. The summed E-state index contributed by atoms with van der Waals surface area (Å²) in [6.45, 7) is 0.850. The van der Waals surface area contributed by atoms with E-state index in [1.54, 1.807) is 12.1 Å². The van der Waals surface area contributed by atoms with Crippen LogP contribution < -0.4 is 0 Å². The minimum absolute atomic E-state index is 0.161. The molecule has 1 fully saturated rings. The molecule has 5 aromatic carbocycles. The van der Waals surface area contributed by atoms with Gasteiger partial charge in [-0.1, -0.05) is 117 Å². The molecule has 10 rings (SSSR count). The van der Waals surface area contributed by atoms with Crippen molar-refractivity contribution < 1.29 is 4.39 Å². The molecular formula is C45H38FN. The van der Waals surface area contributed by atoms with E-state index in [2.05, 4.69) is 95.9 Å². The number of halogens is 1. The van der Waals surface area contributed by atoms with Crippen LogP contribution in [0.5, 0.6) is 0 Å². The molecule has 1 spiro atoms. The van der Waals surface area contributed by atoms with E-state index < -0.39 is 0 Å². The Hall–Kier alpha value is -4.69. The Morgan fingerprint density at radius 2 is 1.23 bits per heavy atom. The smallest absolute Gasteiger partial charge is 0.123 e. The molecule has 2 heteroatoms. The zero-order chi connectivity index (χ0) is 31.1. The summed E-state index contributed by atoms with van der Waals surface area (Å²) in [5.74, 6) is -0.161. The predicted octanol–water partition coefficient (Wildman–Crippen LogP) is 11.4. The molecule has 230 valence electrons. The zero-order valence-electron chi connectivity index (χ0n) is 26.7. The number of hydrogen-bond donors (Lipinski definition) is 0. The molecule has 0 heterocycles. The second kappa shape index (κ2) is 10.4. The van der Waals surface area contributed by atoms with Crippen molar-refractivity contribution in [2.75, 3.05) is 0 Å². The molecule has 0 N–H and O–H groups in total. The van der Waals surface area contributed by atoms with Gasteiger partial charge >= 0.3 is 0 Å². The molecule has 0 saturated heterocycles. The summed E-state index contributed by atoms with van der Waals surface area (Å²) in [5, 5.41) is 0. The molecule has 1 atom stereocenters. The van der Waals surface area contributed by atoms with Crippen LogP contribution in [0, 0.1) is 5.82 Å². The van der Waals surface area contributed by atoms with Gasteiger partial charge < -0.3 is 4.90 Å². The van der Waals surface area contributed by atoms with Gasteiger partial charge in [-0.05, 0) is 122 Å². The minimum atomic E-state index is -0.235. The third-order valence-electron chi connectivity index (χ3n) is 11.9. The van der Waals surface area contributed by atoms with Crippen LogP contribution in [0.15, 0.2) is 121 Å². The van der Waals surface area contributed by atoms with Gasteiger partial charge in [-0.2, -0.15) is 0 Å². The molecule has 1 unspecified atom stereocenters. The van der Waals surface area contributed by atoms with Gasteiger partial charge in [-0.3, -0.25) is 0 Å². The van der Waals surface area contributed by atoms with Crippen LogP contribution in [-0.4, -0.2) is 10.9 Å². The third-order valence-corrected chi connectivity index (χ3v) is 11.9. The lowest BCUT2D eigenvalue weighted by molar-refractivity contribution is 0.215. The fourth-order valence-electron chi connectivity index (χ4n) is 9.88. The Bertz CT molecular complexity index is 2110. The van der Waals surface area contributed by atoms with Crippen LogP contribution in [0.25, 0.3) is 39.0 Å². The normalized spacial score (nSPS) is 20.1. The van der Waals surface area contributed by atoms with Crippen LogP contribution >= 0.6 is 0 Å². The second-order valence-corrected chi connectivity index (χ2v) is 14.3. The highest BCUT2D eigenvalue weighted by atomic mass is 19.1. The van der Waals surface area contributed by atoms with Gasteiger partial charge in [0.05, 0.1) is 5.41 Å². The lowest BCUT2D eigenvalue weighted by atomic mass is 9.73. The fraction of sp³-hybridized carbons (Fsp3) is 0.244. The molecule has 1 nitrogen and oxygen atoms in total. The zero-order valence-corrected chi connectivity index (χ0v) is 26.7. The number of hydrogen-bond acceptors (Lipinski definition) is 1. The largest absolute Gasteiger partial charge is 0.367 e. The van der Waals surface area contributed by atoms with Crippen LogP contribution in [0.4, 0.5) is 4.39 Å². The lowest BCUT2D eigenvalue weighted by Gasteiger charge is -2.37. The standard InChI is InChI=1S/C45H38FN/c46-32-22-17-29(18-23-32)28-47(33-9-3-1-2-4-10-33)34-24-19-30(20-25-34)31-21-26-36-38-13-8-15-40-39-14-7-12-37-35-11-5-6-16-41(35)45(43(37)39,44(38)40)42(36)27-31/h5-8,11-19,21-24,26-27,33H,1-4,9-10,20,25,28H2. The van der Waals surface area contributed by atoms with Gasteiger partial charge in [-0.25, -0.2) is 4.39 Å². The molecular weight excluding hydrogens is 574 g/mol. The molecule has 1 saturated carbocycles. The molecule has 5 aliphatic carbocycles. The van der Waals surface area contributed by atoms with Crippen molar-refractivity contribution in [2.24, 2.45) is 0 Å². The summed E-state index contributed by atoms with van der Waals surface area (Å²) in [7, 11) is 0. The molecule has 0 radical (unpaired) electrons. The van der Waals surface area contributed by atoms with Crippen molar-refractivity contribution >= 4 is 5.57 Å². The van der Waals surface area contributed by atoms with Gasteiger partial charge in [0, 0.05) is 18.3 Å². The van der Waals surface area contributed by atoms with E-state index in [1.165, 1.54) is 117 Å². The monoisotopic (exact) mass is 611 g/mol. The van der Waals surface area contributed by atoms with E-state index in [9.17, 15) is 4.39 Å². The van der Waals surface area contributed by atoms with Crippen LogP contribution in [0.2, 0.25) is 0 Å². The topological polar surface area (TPSA) is 3.24 Å². The Kier molecular flexibility index (Phi) is 6.07. The van der Waals surface area contributed by atoms with Gasteiger partial charge in [0.1, 0.15) is 5.82 Å². The number of benzene rings is 5. The molecule has 47 heavy (non-hydrogen) atoms. The van der Waals surface area contributed by atoms with E-state index in [1.807, 2.05) is 12.1 Å². The quantitative estimate of drug-likeness (QED) is 0.175. The summed E-state index contributed by atoms with van der Waals surface area (Å²) in [5.41, 5.74) is 19.3. The van der Waals surface area contributed by atoms with Crippen molar-refractivity contribution in [1.82, 2.24) is 4.90 Å². The Morgan fingerprint density at radius 3 is 1.91 bits per heavy atom. The number of nitrogens with zero attached hydrogens (tertiary/aromatic N) is 1. The summed E-state index contributed by atoms with van der Waals surface area (Å²) in [6.07, 6.45) is 14.6. The number of allylic oxidation sites excluding steroid dienone is 4. The minimum Gasteiger partial charge on any atom is -0.367 e. The van der Waals surface area contributed by atoms with Crippen molar-refractivity contribution in [3.63, 3.8) is 0 Å². The first-order valence-electron chi connectivity index (χ1n) is 17.6. The van der Waals surface area contributed by atoms with Crippen molar-refractivity contribution in [2.45, 2.75) is 69.4 Å². The Morgan fingerprint density at radius 1 is 0.596 bits per heavy atom. The van der Waals surface area contributed by atoms with Crippen LogP contribution in [-0.2, 0) is 12.0 Å². The summed E-state index contributed by atoms with van der Waals surface area (Å²) in [6, 6.07) is 38.0. The summed E-state index contributed by atoms with van der Waals surface area (Å²) in [4.78, 5) is 2.66. The fourth-order valence-corrected chi connectivity index (χ4v) is 9.88. The van der Waals surface area contributed by atoms with Crippen molar-refractivity contribution in [1.29, 1.82) is 0 Å². The van der Waals surface area contributed by atoms with Crippen LogP contribution in [0.1, 0.15) is 84.7 Å². The van der Waals surface area contributed by atoms with Crippen LogP contribution in [0.3, 0.4) is 0 Å². The maximum absolute atomic E-state index is 13.8. The summed E-state index contributed by atoms with van der Waals surface area (Å²) >= 11 is 0. The van der Waals surface area contributed by atoms with E-state index >= 15 is 0 Å². The molecule has 5 aromatic rings. The average molecular weight is 612 g/mol. The van der Waals surface area contributed by atoms with Gasteiger partial charge in [0.15, 0.2) is 0 Å². The maximum atomic E-state index is 13.8. The second-order valence-electron chi connectivity index (χ2n) is 14.3. The lowest BCUT2D eigenvalue weighted by Crippen LogP contribution is -2.34. The van der Waals surface area contributed by atoms with E-state index in [4.69, 9.17) is 0 Å². The predicted molar refractivity (Wildman–Crippen MR) is 190 cm³/mol. The van der Waals surface area contributed by atoms with E-state index in [-0.39, 0.29) is 11.2 Å². The van der Waals surface area contributed by atoms with Crippen molar-refractivity contribution in [3.05, 3.63) is 160 Å². The first-order chi connectivity index (χ1) is 23.2. The van der Waals surface area contributed by atoms with E-state index in [0.717, 1.165) is 19.4 Å². The SMILES string of the molecule is Fc1ccc(CN(C2=CC=C(c3ccc4c(c3)C35c6ccccc6-c6cccc(c63)-c3cccc-4c35)CC2)C2CCCCCC2)cc1. The van der Waals surface area contributed by atoms with Gasteiger partial charge in [0.2, 0.25) is 0 Å². The molecule has 5 aliphatic rings. The number of fused-ring (bicyclic) bond motifs is 5. The summed E-state index contributed by atoms with van der Waals surface area (Å²) < 4.78 is 13.8. The molecule has 0 aliphatic heterocycles. The maximum Gasteiger partial charge on any atom is 0.123 e. The van der Waals surface area contributed by atoms with Gasteiger partial charge in [0.25, 0.3) is 0 Å². The first kappa shape index (κ1) is 27.4. The average Bonchev–Trinajstić information content (AvgIpc) is 3.59. The first-order valence-corrected chi connectivity index (χ1v) is 17.6. The molecule has 0 amide bonds. The van der Waals surface area contributed by atoms with E-state index in [0.29, 0.717) is 6.04 Å². The highest BCUT2D eigenvalue weighted by molar-refractivity contribution is 6.06. The highest BCUT2D eigenvalue weighted by Crippen LogP contribution is 2.69. The third kappa shape index (κ3) is 3.88. The Balaban J connectivity index is 1.07.